The summed E-state index contributed by atoms with van der Waals surface area (Å²) in [7, 11) is -16.3. The van der Waals surface area contributed by atoms with Crippen LogP contribution in [0.1, 0.15) is 2.85 Å². The number of hydrogen-bond acceptors (Lipinski definition) is 6. The Morgan fingerprint density at radius 3 is 0.676 bits per heavy atom. The van der Waals surface area contributed by atoms with Crippen molar-refractivity contribution in [1.82, 2.24) is 0 Å². The molecule has 37 heteroatoms. The van der Waals surface area contributed by atoms with E-state index in [9.17, 15) is 17.5 Å². The van der Waals surface area contributed by atoms with Gasteiger partial charge < -0.3 is 138 Å². The molecule has 0 heterocycles. The molecule has 32 nitrogen and oxygen atoms in total. The monoisotopic (exact) mass is 702 g/mol. The molecule has 0 bridgehead atoms. The summed E-state index contributed by atoms with van der Waals surface area (Å²) in [5, 5.41) is 0. The molecule has 0 rings (SSSR count). The van der Waals surface area contributed by atoms with Crippen LogP contribution >= 0.6 is 15.6 Å². The normalized spacial score (nSPS) is 6.38. The molecule has 0 aliphatic rings. The van der Waals surface area contributed by atoms with E-state index in [4.69, 9.17) is 19.2 Å². The van der Waals surface area contributed by atoms with Gasteiger partial charge in [0.25, 0.3) is 0 Å². The summed E-state index contributed by atoms with van der Waals surface area (Å²) in [4.78, 5) is 24.2. The molecule has 37 heavy (non-hydrogen) atoms. The molecule has 0 aromatic heterocycles. The number of phosphoric acid groups is 2. The van der Waals surface area contributed by atoms with Gasteiger partial charge in [-0.3, -0.25) is 4.55 Å². The summed E-state index contributed by atoms with van der Waals surface area (Å²) >= 11 is 0. The Morgan fingerprint density at radius 1 is 0.459 bits per heavy atom. The first-order valence-electron chi connectivity index (χ1n) is 2.20. The van der Waals surface area contributed by atoms with E-state index in [-0.39, 0.29) is 182 Å². The van der Waals surface area contributed by atoms with Crippen molar-refractivity contribution in [2.45, 2.75) is 0 Å². The van der Waals surface area contributed by atoms with Crippen LogP contribution in [0.5, 0.6) is 0 Å². The fourth-order valence-electron chi connectivity index (χ4n) is 0.267. The van der Waals surface area contributed by atoms with Crippen LogP contribution in [0.15, 0.2) is 0 Å². The summed E-state index contributed by atoms with van der Waals surface area (Å²) in [6.07, 6.45) is 0. The molecular weight excluding hydrogens is 652 g/mol. The Kier molecular flexibility index (Phi) is 883. The van der Waals surface area contributed by atoms with Crippen LogP contribution in [-0.4, -0.2) is 148 Å². The topological polar surface area (TPSA) is 861 Å². The van der Waals surface area contributed by atoms with Gasteiger partial charge in [-0.05, 0) is 0 Å². The summed E-state index contributed by atoms with van der Waals surface area (Å²) < 4.78 is 53.6. The molecular formula is H50Na2O32P2S. The molecule has 0 radical (unpaired) electrons. The first-order chi connectivity index (χ1) is 5.41. The van der Waals surface area contributed by atoms with Crippen molar-refractivity contribution in [2.24, 2.45) is 0 Å². The Bertz CT molecular complexity index is 382. The molecule has 0 aliphatic heterocycles. The van der Waals surface area contributed by atoms with Crippen molar-refractivity contribution in [3.05, 3.63) is 0 Å². The van der Waals surface area contributed by atoms with E-state index in [0.717, 1.165) is 0 Å². The van der Waals surface area contributed by atoms with Crippen LogP contribution in [-0.2, 0) is 27.8 Å². The summed E-state index contributed by atoms with van der Waals surface area (Å²) in [6, 6.07) is 0. The van der Waals surface area contributed by atoms with Gasteiger partial charge in [-0.15, -0.1) is 3.97 Å². The smallest absolute Gasteiger partial charge is 1.00 e. The van der Waals surface area contributed by atoms with E-state index in [1.54, 1.807) is 0 Å². The van der Waals surface area contributed by atoms with E-state index in [0.29, 0.717) is 0 Å². The van der Waals surface area contributed by atoms with Gasteiger partial charge in [0.15, 0.2) is 0 Å². The maximum Gasteiger partial charge on any atom is 1.00 e. The van der Waals surface area contributed by atoms with Crippen LogP contribution in [0.2, 0.25) is 0 Å². The maximum atomic E-state index is 10.3. The largest absolute Gasteiger partial charge is 1.00 e. The molecule has 1 unspecified atom stereocenters. The van der Waals surface area contributed by atoms with Gasteiger partial charge >= 0.3 is 85.2 Å². The maximum absolute atomic E-state index is 10.3. The van der Waals surface area contributed by atoms with E-state index < -0.39 is 26.0 Å². The van der Waals surface area contributed by atoms with Gasteiger partial charge in [-0.1, -0.05) is 0 Å². The Hall–Kier alpha value is 1.29. The zero-order valence-corrected chi connectivity index (χ0v) is 25.1. The number of rotatable bonds is 4. The molecule has 48 N–H and O–H groups in total. The van der Waals surface area contributed by atoms with Crippen molar-refractivity contribution in [3.8, 4) is 0 Å². The molecule has 0 saturated heterocycles. The van der Waals surface area contributed by atoms with Crippen LogP contribution in [0, 0.1) is 0 Å². The second-order valence-corrected chi connectivity index (χ2v) is 5.57. The van der Waals surface area contributed by atoms with Gasteiger partial charge in [0.2, 0.25) is 0 Å². The van der Waals surface area contributed by atoms with Crippen LogP contribution in [0.4, 0.5) is 0 Å². The molecule has 0 aromatic rings. The van der Waals surface area contributed by atoms with Crippen LogP contribution in [0.25, 0.3) is 0 Å². The van der Waals surface area contributed by atoms with E-state index in [1.165, 1.54) is 0 Å². The number of hydrogen-bond donors (Lipinski definition) is 4. The first kappa shape index (κ1) is 301. The summed E-state index contributed by atoms with van der Waals surface area (Å²) in [6.45, 7) is 0. The molecule has 260 valence electrons. The van der Waals surface area contributed by atoms with E-state index in [1.807, 2.05) is 0 Å². The van der Waals surface area contributed by atoms with Crippen LogP contribution < -0.4 is 59.1 Å². The Labute approximate surface area is 252 Å². The average Bonchev–Trinajstić information content (AvgIpc) is 1.43. The predicted octanol–water partition coefficient (Wildman–Crippen LogP) is -24.9. The van der Waals surface area contributed by atoms with Gasteiger partial charge in [0.05, 0.1) is 0 Å². The summed E-state index contributed by atoms with van der Waals surface area (Å²) in [5.74, 6) is 0. The molecule has 0 aromatic carbocycles. The summed E-state index contributed by atoms with van der Waals surface area (Å²) in [5.41, 5.74) is 0. The third-order valence-electron chi connectivity index (χ3n) is 0.398. The fraction of sp³-hybridized carbons (Fsp3) is 0. The minimum atomic E-state index is -5.54. The molecule has 0 amide bonds. The Balaban J connectivity index is -0.00000000222. The molecule has 0 saturated carbocycles. The average molecular weight is 702 g/mol. The third-order valence-corrected chi connectivity index (χ3v) is 3.58. The zero-order chi connectivity index (χ0) is 10.9. The van der Waals surface area contributed by atoms with Gasteiger partial charge in [0, 0.05) is 0 Å². The second-order valence-electron chi connectivity index (χ2n) is 1.54. The fourth-order valence-corrected chi connectivity index (χ4v) is 2.65. The molecule has 0 spiro atoms. The van der Waals surface area contributed by atoms with Crippen molar-refractivity contribution >= 4 is 26.0 Å². The van der Waals surface area contributed by atoms with Gasteiger partial charge in [-0.2, -0.15) is 12.7 Å². The van der Waals surface area contributed by atoms with Crippen molar-refractivity contribution in [1.29, 1.82) is 0 Å². The van der Waals surface area contributed by atoms with Gasteiger partial charge in [0.1, 0.15) is 0 Å². The predicted molar refractivity (Wildman–Crippen MR) is 117 cm³/mol. The minimum absolute atomic E-state index is 0. The van der Waals surface area contributed by atoms with Gasteiger partial charge in [-0.25, -0.2) is 9.13 Å². The van der Waals surface area contributed by atoms with Crippen molar-refractivity contribution in [2.75, 3.05) is 0 Å². The molecule has 1 atom stereocenters. The first-order valence-corrected chi connectivity index (χ1v) is 6.59. The van der Waals surface area contributed by atoms with Crippen LogP contribution in [0.3, 0.4) is 0 Å². The third kappa shape index (κ3) is 263. The Morgan fingerprint density at radius 2 is 0.595 bits per heavy atom. The quantitative estimate of drug-likeness (QED) is 0.122. The van der Waals surface area contributed by atoms with Crippen molar-refractivity contribution < 1.29 is 228 Å². The minimum Gasteiger partial charge on any atom is -1.00 e. The SMILES string of the molecule is O.O.O.O.O.O.O.O.O.O.O.O.O.O.O.O.O.O.O.O.O.O.O=P(O)(O)OP(=O)(O)OS(=O)(=O)O.[H-].[H-].[Na+].[Na+]. The van der Waals surface area contributed by atoms with E-state index >= 15 is 0 Å². The molecule has 0 aliphatic carbocycles. The standard InChI is InChI=1S/2Na.H4O10P2S.22H2O.2H/c;;1-11(2,3)9-12(4,5)10-13(6,7)8;;;;;;;;;;;;;;;;;;;;;;;;/h;;(H,4,5)(H2,1,2,3)(H,6,7,8);22*1H2;;/q2*+1;;;;;;;;;;;;;;;;;;;;;;;;2*-1. The van der Waals surface area contributed by atoms with Crippen molar-refractivity contribution in [3.63, 3.8) is 0 Å². The van der Waals surface area contributed by atoms with E-state index in [2.05, 4.69) is 8.28 Å². The zero-order valence-electron chi connectivity index (χ0n) is 20.5. The molecule has 0 fully saturated rings. The second kappa shape index (κ2) is 108.